The van der Waals surface area contributed by atoms with E-state index < -0.39 is 0 Å². The molecule has 6 heteroatoms. The molecule has 122 valence electrons. The van der Waals surface area contributed by atoms with Gasteiger partial charge in [0.1, 0.15) is 0 Å². The molecule has 0 radical (unpaired) electrons. The Hall–Kier alpha value is -2.21. The number of aromatic nitrogens is 3. The van der Waals surface area contributed by atoms with Gasteiger partial charge in [0, 0.05) is 19.1 Å². The van der Waals surface area contributed by atoms with Gasteiger partial charge in [0.2, 0.25) is 0 Å². The lowest BCUT2D eigenvalue weighted by Gasteiger charge is -2.35. The molecule has 0 unspecified atom stereocenters. The largest absolute Gasteiger partial charge is 0.393 e. The summed E-state index contributed by atoms with van der Waals surface area (Å²) in [7, 11) is 0. The fraction of sp³-hybridized carbons (Fsp3) is 0.471. The number of carbonyl (C=O) groups excluding carboxylic acids is 1. The summed E-state index contributed by atoms with van der Waals surface area (Å²) in [5, 5.41) is 17.7. The summed E-state index contributed by atoms with van der Waals surface area (Å²) in [6.45, 7) is 3.22. The Morgan fingerprint density at radius 1 is 1.35 bits per heavy atom. The van der Waals surface area contributed by atoms with Gasteiger partial charge in [0.05, 0.1) is 12.3 Å². The fourth-order valence-corrected chi connectivity index (χ4v) is 2.99. The lowest BCUT2D eigenvalue weighted by atomic mass is 10.0. The van der Waals surface area contributed by atoms with Crippen molar-refractivity contribution in [3.63, 3.8) is 0 Å². The Bertz CT molecular complexity index is 656. The maximum Gasteiger partial charge on any atom is 0.276 e. The van der Waals surface area contributed by atoms with Crippen molar-refractivity contribution >= 4 is 5.91 Å². The maximum absolute atomic E-state index is 12.5. The summed E-state index contributed by atoms with van der Waals surface area (Å²) >= 11 is 0. The van der Waals surface area contributed by atoms with Gasteiger partial charge in [-0.3, -0.25) is 9.48 Å². The zero-order valence-corrected chi connectivity index (χ0v) is 13.3. The van der Waals surface area contributed by atoms with Crippen LogP contribution < -0.4 is 0 Å². The number of rotatable bonds is 4. The molecule has 2 atom stereocenters. The van der Waals surface area contributed by atoms with Crippen molar-refractivity contribution in [2.24, 2.45) is 0 Å². The summed E-state index contributed by atoms with van der Waals surface area (Å²) in [5.74, 6) is -0.102. The number of piperidine rings is 1. The minimum absolute atomic E-state index is 0.0284. The minimum atomic E-state index is -0.310. The van der Waals surface area contributed by atoms with Gasteiger partial charge in [0.25, 0.3) is 5.91 Å². The van der Waals surface area contributed by atoms with Crippen LogP contribution in [0.3, 0.4) is 0 Å². The third-order valence-corrected chi connectivity index (χ3v) is 4.34. The van der Waals surface area contributed by atoms with E-state index >= 15 is 0 Å². The van der Waals surface area contributed by atoms with Crippen LogP contribution >= 0.6 is 0 Å². The zero-order chi connectivity index (χ0) is 16.2. The molecule has 1 aliphatic rings. The lowest BCUT2D eigenvalue weighted by Crippen LogP contribution is -2.46. The third kappa shape index (κ3) is 3.76. The second-order valence-electron chi connectivity index (χ2n) is 6.13. The number of amides is 1. The topological polar surface area (TPSA) is 71.2 Å². The van der Waals surface area contributed by atoms with Crippen LogP contribution in [0.2, 0.25) is 0 Å². The molecule has 6 nitrogen and oxygen atoms in total. The number of hydrogen-bond donors (Lipinski definition) is 1. The van der Waals surface area contributed by atoms with Crippen LogP contribution in [0.4, 0.5) is 0 Å². The molecule has 0 saturated carbocycles. The Balaban J connectivity index is 1.61. The first kappa shape index (κ1) is 15.7. The average molecular weight is 314 g/mol. The van der Waals surface area contributed by atoms with Gasteiger partial charge in [-0.25, -0.2) is 0 Å². The molecule has 2 aromatic rings. The Kier molecular flexibility index (Phi) is 4.71. The monoisotopic (exact) mass is 314 g/mol. The minimum Gasteiger partial charge on any atom is -0.393 e. The van der Waals surface area contributed by atoms with Crippen LogP contribution in [0, 0.1) is 0 Å². The van der Waals surface area contributed by atoms with Gasteiger partial charge < -0.3 is 10.0 Å². The molecule has 1 aromatic carbocycles. The second-order valence-corrected chi connectivity index (χ2v) is 6.13. The van der Waals surface area contributed by atoms with Gasteiger partial charge in [-0.1, -0.05) is 35.5 Å². The molecule has 1 N–H and O–H groups in total. The van der Waals surface area contributed by atoms with Gasteiger partial charge in [-0.15, -0.1) is 5.10 Å². The van der Waals surface area contributed by atoms with E-state index in [2.05, 4.69) is 22.4 Å². The number of aliphatic hydroxyl groups is 1. The van der Waals surface area contributed by atoms with Gasteiger partial charge >= 0.3 is 0 Å². The highest BCUT2D eigenvalue weighted by Crippen LogP contribution is 2.19. The summed E-state index contributed by atoms with van der Waals surface area (Å²) in [6.07, 6.45) is 3.50. The number of aryl methyl sites for hydroxylation is 2. The molecular weight excluding hydrogens is 292 g/mol. The molecule has 2 heterocycles. The molecule has 1 saturated heterocycles. The molecule has 1 aliphatic heterocycles. The molecule has 23 heavy (non-hydrogen) atoms. The summed E-state index contributed by atoms with van der Waals surface area (Å²) in [6, 6.07) is 10.2. The van der Waals surface area contributed by atoms with Crippen molar-refractivity contribution in [2.75, 3.05) is 6.54 Å². The number of likely N-dealkylation sites (tertiary alicyclic amines) is 1. The van der Waals surface area contributed by atoms with Crippen molar-refractivity contribution in [2.45, 2.75) is 44.9 Å². The molecule has 3 rings (SSSR count). The maximum atomic E-state index is 12.5. The number of aliphatic hydroxyl groups excluding tert-OH is 1. The van der Waals surface area contributed by atoms with E-state index in [0.717, 1.165) is 6.42 Å². The SMILES string of the molecule is C[C@@H]1C[C@H](O)CCN1C(=O)c1cn(CCc2ccccc2)nn1. The molecule has 0 spiro atoms. The van der Waals surface area contributed by atoms with E-state index in [-0.39, 0.29) is 18.1 Å². The molecular formula is C17H22N4O2. The van der Waals surface area contributed by atoms with Crippen LogP contribution in [0.1, 0.15) is 35.8 Å². The normalized spacial score (nSPS) is 21.4. The second kappa shape index (κ2) is 6.91. The number of benzene rings is 1. The first-order valence-electron chi connectivity index (χ1n) is 8.06. The van der Waals surface area contributed by atoms with Gasteiger partial charge in [-0.05, 0) is 31.7 Å². The van der Waals surface area contributed by atoms with Crippen LogP contribution in [0.15, 0.2) is 36.5 Å². The average Bonchev–Trinajstić information content (AvgIpc) is 3.02. The van der Waals surface area contributed by atoms with E-state index in [1.54, 1.807) is 15.8 Å². The number of carbonyl (C=O) groups is 1. The molecule has 1 fully saturated rings. The molecule has 1 amide bonds. The fourth-order valence-electron chi connectivity index (χ4n) is 2.99. The highest BCUT2D eigenvalue weighted by atomic mass is 16.3. The Labute approximate surface area is 135 Å². The molecule has 0 bridgehead atoms. The Morgan fingerprint density at radius 2 is 2.13 bits per heavy atom. The zero-order valence-electron chi connectivity index (χ0n) is 13.3. The van der Waals surface area contributed by atoms with Crippen molar-refractivity contribution < 1.29 is 9.90 Å². The summed E-state index contributed by atoms with van der Waals surface area (Å²) in [5.41, 5.74) is 1.61. The van der Waals surface area contributed by atoms with E-state index in [9.17, 15) is 9.90 Å². The van der Waals surface area contributed by atoms with Crippen LogP contribution in [0.5, 0.6) is 0 Å². The standard InChI is InChI=1S/C17H22N4O2/c1-13-11-15(22)8-10-21(13)17(23)16-12-20(19-18-16)9-7-14-5-3-2-4-6-14/h2-6,12-13,15,22H,7-11H2,1H3/t13-,15-/m1/s1. The van der Waals surface area contributed by atoms with Crippen LogP contribution in [0.25, 0.3) is 0 Å². The molecule has 1 aromatic heterocycles. The van der Waals surface area contributed by atoms with E-state index in [4.69, 9.17) is 0 Å². The quantitative estimate of drug-likeness (QED) is 0.928. The third-order valence-electron chi connectivity index (χ3n) is 4.34. The van der Waals surface area contributed by atoms with Crippen molar-refractivity contribution in [1.82, 2.24) is 19.9 Å². The Morgan fingerprint density at radius 3 is 2.87 bits per heavy atom. The highest BCUT2D eigenvalue weighted by molar-refractivity contribution is 5.92. The van der Waals surface area contributed by atoms with Crippen LogP contribution in [-0.4, -0.2) is 49.6 Å². The van der Waals surface area contributed by atoms with Gasteiger partial charge in [-0.2, -0.15) is 0 Å². The van der Waals surface area contributed by atoms with Crippen molar-refractivity contribution in [3.8, 4) is 0 Å². The predicted molar refractivity (Wildman–Crippen MR) is 85.9 cm³/mol. The molecule has 0 aliphatic carbocycles. The lowest BCUT2D eigenvalue weighted by molar-refractivity contribution is 0.0360. The predicted octanol–water partition coefficient (Wildman–Crippen LogP) is 1.51. The van der Waals surface area contributed by atoms with E-state index in [1.807, 2.05) is 25.1 Å². The number of hydrogen-bond acceptors (Lipinski definition) is 4. The number of nitrogens with zero attached hydrogens (tertiary/aromatic N) is 4. The summed E-state index contributed by atoms with van der Waals surface area (Å²) in [4.78, 5) is 14.3. The van der Waals surface area contributed by atoms with Crippen molar-refractivity contribution in [1.29, 1.82) is 0 Å². The van der Waals surface area contributed by atoms with Crippen molar-refractivity contribution in [3.05, 3.63) is 47.8 Å². The summed E-state index contributed by atoms with van der Waals surface area (Å²) < 4.78 is 1.71. The van der Waals surface area contributed by atoms with Crippen LogP contribution in [-0.2, 0) is 13.0 Å². The first-order valence-corrected chi connectivity index (χ1v) is 8.06. The van der Waals surface area contributed by atoms with E-state index in [0.29, 0.717) is 31.6 Å². The smallest absolute Gasteiger partial charge is 0.276 e. The van der Waals surface area contributed by atoms with Gasteiger partial charge in [0.15, 0.2) is 5.69 Å². The first-order chi connectivity index (χ1) is 11.1. The van der Waals surface area contributed by atoms with E-state index in [1.165, 1.54) is 5.56 Å². The highest BCUT2D eigenvalue weighted by Gasteiger charge is 2.29.